The number of halogens is 3. The fourth-order valence-corrected chi connectivity index (χ4v) is 5.41. The first kappa shape index (κ1) is 23.3. The van der Waals surface area contributed by atoms with Gasteiger partial charge < -0.3 is 19.1 Å². The molecule has 6 nitrogen and oxygen atoms in total. The third-order valence-corrected chi connectivity index (χ3v) is 7.36. The minimum absolute atomic E-state index is 0.0384. The first-order valence-corrected chi connectivity index (χ1v) is 11.4. The fraction of sp³-hybridized carbons (Fsp3) is 0.700. The highest BCUT2D eigenvalue weighted by Gasteiger charge is 2.32. The summed E-state index contributed by atoms with van der Waals surface area (Å²) in [5.41, 5.74) is 0. The van der Waals surface area contributed by atoms with Crippen molar-refractivity contribution >= 4 is 11.0 Å². The van der Waals surface area contributed by atoms with Gasteiger partial charge in [-0.1, -0.05) is 0 Å². The molecule has 2 saturated heterocycles. The molecule has 1 aromatic rings. The second-order valence-corrected chi connectivity index (χ2v) is 9.31. The Morgan fingerprint density at radius 3 is 2.17 bits per heavy atom. The van der Waals surface area contributed by atoms with Crippen LogP contribution in [0, 0.1) is 0 Å². The standard InChI is InChI=1S/C20H29F3N2O4S/c1-27-15-14-24-10-8-19(9-11-24)30(26)25-12-6-17(7-13-25)28-16-2-4-18(5-3-16)29-20(21,22)23/h2-5,17,19H,6-15H2,1H3. The summed E-state index contributed by atoms with van der Waals surface area (Å²) in [5.74, 6) is 0.237. The Balaban J connectivity index is 1.40. The van der Waals surface area contributed by atoms with Crippen LogP contribution >= 0.6 is 0 Å². The lowest BCUT2D eigenvalue weighted by Gasteiger charge is -2.36. The van der Waals surface area contributed by atoms with Gasteiger partial charge in [-0.15, -0.1) is 13.2 Å². The summed E-state index contributed by atoms with van der Waals surface area (Å²) in [6.07, 6.45) is -1.41. The molecule has 10 heteroatoms. The third-order valence-electron chi connectivity index (χ3n) is 5.45. The molecule has 170 valence electrons. The molecule has 0 amide bonds. The van der Waals surface area contributed by atoms with Crippen molar-refractivity contribution in [2.75, 3.05) is 46.4 Å². The van der Waals surface area contributed by atoms with Crippen LogP contribution in [0.1, 0.15) is 25.7 Å². The number of piperidine rings is 2. The van der Waals surface area contributed by atoms with Gasteiger partial charge in [0.05, 0.1) is 22.8 Å². The van der Waals surface area contributed by atoms with Crippen molar-refractivity contribution in [2.45, 2.75) is 43.4 Å². The molecule has 2 aliphatic rings. The number of hydrogen-bond donors (Lipinski definition) is 0. The van der Waals surface area contributed by atoms with Gasteiger partial charge in [0.15, 0.2) is 0 Å². The van der Waals surface area contributed by atoms with E-state index in [2.05, 4.69) is 9.64 Å². The Morgan fingerprint density at radius 1 is 1.00 bits per heavy atom. The van der Waals surface area contributed by atoms with E-state index in [1.54, 1.807) is 7.11 Å². The van der Waals surface area contributed by atoms with Gasteiger partial charge in [-0.25, -0.2) is 8.51 Å². The van der Waals surface area contributed by atoms with Crippen LogP contribution in [0.4, 0.5) is 13.2 Å². The molecule has 2 aliphatic heterocycles. The van der Waals surface area contributed by atoms with Crippen LogP contribution < -0.4 is 9.47 Å². The van der Waals surface area contributed by atoms with E-state index in [1.165, 1.54) is 24.3 Å². The molecule has 0 aliphatic carbocycles. The molecule has 0 saturated carbocycles. The maximum Gasteiger partial charge on any atom is 0.573 e. The zero-order valence-electron chi connectivity index (χ0n) is 17.1. The minimum Gasteiger partial charge on any atom is -0.490 e. The summed E-state index contributed by atoms with van der Waals surface area (Å²) in [5, 5.41) is 0.197. The Kier molecular flexibility index (Phi) is 8.38. The lowest BCUT2D eigenvalue weighted by atomic mass is 10.1. The number of hydrogen-bond acceptors (Lipinski definition) is 5. The first-order chi connectivity index (χ1) is 14.3. The van der Waals surface area contributed by atoms with E-state index in [0.717, 1.165) is 51.9 Å². The van der Waals surface area contributed by atoms with Crippen molar-refractivity contribution in [2.24, 2.45) is 0 Å². The highest BCUT2D eigenvalue weighted by Crippen LogP contribution is 2.27. The molecule has 2 fully saturated rings. The van der Waals surface area contributed by atoms with Gasteiger partial charge in [0.2, 0.25) is 0 Å². The van der Waals surface area contributed by atoms with Crippen LogP contribution in [0.2, 0.25) is 0 Å². The molecule has 1 aromatic carbocycles. The lowest BCUT2D eigenvalue weighted by Crippen LogP contribution is -2.46. The van der Waals surface area contributed by atoms with E-state index in [-0.39, 0.29) is 17.1 Å². The molecule has 3 rings (SSSR count). The second kappa shape index (κ2) is 10.8. The maximum atomic E-state index is 12.9. The molecule has 1 unspecified atom stereocenters. The highest BCUT2D eigenvalue weighted by molar-refractivity contribution is 7.83. The van der Waals surface area contributed by atoms with Crippen LogP contribution in [0.15, 0.2) is 24.3 Å². The van der Waals surface area contributed by atoms with Crippen LogP contribution in [-0.2, 0) is 15.7 Å². The van der Waals surface area contributed by atoms with E-state index in [0.29, 0.717) is 18.8 Å². The number of ether oxygens (including phenoxy) is 3. The normalized spacial score (nSPS) is 21.5. The Labute approximate surface area is 177 Å². The van der Waals surface area contributed by atoms with E-state index < -0.39 is 17.3 Å². The molecule has 0 radical (unpaired) electrons. The Bertz CT molecular complexity index is 674. The molecule has 1 atom stereocenters. The van der Waals surface area contributed by atoms with Crippen LogP contribution in [0.25, 0.3) is 0 Å². The summed E-state index contributed by atoms with van der Waals surface area (Å²) < 4.78 is 66.5. The lowest BCUT2D eigenvalue weighted by molar-refractivity contribution is -0.274. The summed E-state index contributed by atoms with van der Waals surface area (Å²) in [6, 6.07) is 5.43. The molecule has 0 bridgehead atoms. The average Bonchev–Trinajstić information content (AvgIpc) is 2.73. The third kappa shape index (κ3) is 7.11. The highest BCUT2D eigenvalue weighted by atomic mass is 32.2. The molecular formula is C20H29F3N2O4S. The smallest absolute Gasteiger partial charge is 0.490 e. The predicted molar refractivity (Wildman–Crippen MR) is 108 cm³/mol. The van der Waals surface area contributed by atoms with Crippen LogP contribution in [0.5, 0.6) is 11.5 Å². The SMILES string of the molecule is COCCN1CCC(S(=O)N2CCC(Oc3ccc(OC(F)(F)F)cc3)CC2)CC1. The van der Waals surface area contributed by atoms with Gasteiger partial charge >= 0.3 is 6.36 Å². The first-order valence-electron chi connectivity index (χ1n) is 10.2. The van der Waals surface area contributed by atoms with Crippen molar-refractivity contribution in [3.05, 3.63) is 24.3 Å². The number of alkyl halides is 3. The second-order valence-electron chi connectivity index (χ2n) is 7.58. The number of methoxy groups -OCH3 is 1. The topological polar surface area (TPSA) is 51.2 Å². The van der Waals surface area contributed by atoms with Crippen molar-refractivity contribution in [1.82, 2.24) is 9.21 Å². The van der Waals surface area contributed by atoms with Gasteiger partial charge in [-0.2, -0.15) is 0 Å². The summed E-state index contributed by atoms with van der Waals surface area (Å²) in [7, 11) is 0.710. The summed E-state index contributed by atoms with van der Waals surface area (Å²) in [4.78, 5) is 2.35. The quantitative estimate of drug-likeness (QED) is 0.609. The van der Waals surface area contributed by atoms with Gasteiger partial charge in [0.25, 0.3) is 0 Å². The summed E-state index contributed by atoms with van der Waals surface area (Å²) in [6.45, 7) is 4.93. The number of likely N-dealkylation sites (tertiary alicyclic amines) is 1. The monoisotopic (exact) mass is 450 g/mol. The van der Waals surface area contributed by atoms with Gasteiger partial charge in [0, 0.05) is 26.7 Å². The zero-order chi connectivity index (χ0) is 21.6. The maximum absolute atomic E-state index is 12.9. The number of benzene rings is 1. The zero-order valence-corrected chi connectivity index (χ0v) is 17.9. The van der Waals surface area contributed by atoms with Gasteiger partial charge in [0.1, 0.15) is 17.6 Å². The molecule has 30 heavy (non-hydrogen) atoms. The van der Waals surface area contributed by atoms with Crippen molar-refractivity contribution in [3.8, 4) is 11.5 Å². The van der Waals surface area contributed by atoms with Gasteiger partial charge in [-0.05, 0) is 63.0 Å². The fourth-order valence-electron chi connectivity index (χ4n) is 3.81. The molecular weight excluding hydrogens is 421 g/mol. The van der Waals surface area contributed by atoms with E-state index in [1.807, 2.05) is 4.31 Å². The Hall–Kier alpha value is -1.36. The number of rotatable bonds is 8. The van der Waals surface area contributed by atoms with Crippen molar-refractivity contribution in [1.29, 1.82) is 0 Å². The van der Waals surface area contributed by atoms with Gasteiger partial charge in [-0.3, -0.25) is 0 Å². The average molecular weight is 451 g/mol. The molecule has 0 N–H and O–H groups in total. The molecule has 0 spiro atoms. The van der Waals surface area contributed by atoms with Crippen LogP contribution in [0.3, 0.4) is 0 Å². The largest absolute Gasteiger partial charge is 0.573 e. The van der Waals surface area contributed by atoms with Crippen molar-refractivity contribution in [3.63, 3.8) is 0 Å². The van der Waals surface area contributed by atoms with E-state index in [9.17, 15) is 17.4 Å². The summed E-state index contributed by atoms with van der Waals surface area (Å²) >= 11 is 0. The Morgan fingerprint density at radius 2 is 1.60 bits per heavy atom. The van der Waals surface area contributed by atoms with Crippen LogP contribution in [-0.4, -0.2) is 77.6 Å². The molecule has 0 aromatic heterocycles. The van der Waals surface area contributed by atoms with Crippen molar-refractivity contribution < 1.29 is 31.6 Å². The predicted octanol–water partition coefficient (Wildman–Crippen LogP) is 3.20. The minimum atomic E-state index is -4.70. The molecule has 2 heterocycles. The number of nitrogens with zero attached hydrogens (tertiary/aromatic N) is 2. The van der Waals surface area contributed by atoms with E-state index in [4.69, 9.17) is 9.47 Å². The van der Waals surface area contributed by atoms with E-state index >= 15 is 0 Å².